The zero-order chi connectivity index (χ0) is 14.8. The number of nitrogens with one attached hydrogen (secondary N) is 1. The van der Waals surface area contributed by atoms with E-state index in [-0.39, 0.29) is 11.8 Å². The molecule has 114 valence electrons. The van der Waals surface area contributed by atoms with E-state index in [0.29, 0.717) is 17.7 Å². The zero-order valence-electron chi connectivity index (χ0n) is 12.7. The van der Waals surface area contributed by atoms with E-state index >= 15 is 0 Å². The van der Waals surface area contributed by atoms with Crippen molar-refractivity contribution in [2.24, 2.45) is 17.8 Å². The van der Waals surface area contributed by atoms with Gasteiger partial charge < -0.3 is 15.0 Å². The largest absolute Gasteiger partial charge is 0.481 e. The Hall–Kier alpha value is -1.62. The SMILES string of the molecule is CCCN1CC2CC(C1)C2C(=O)Nc1ccc(OC)nc1. The third kappa shape index (κ3) is 2.88. The maximum Gasteiger partial charge on any atom is 0.228 e. The van der Waals surface area contributed by atoms with Crippen molar-refractivity contribution in [3.05, 3.63) is 18.3 Å². The standard InChI is InChI=1S/C16H23N3O2/c1-3-6-19-9-11-7-12(10-19)15(11)16(20)18-13-4-5-14(21-2)17-8-13/h4-5,8,11-12,15H,3,6-7,9-10H2,1-2H3,(H,18,20). The summed E-state index contributed by atoms with van der Waals surface area (Å²) in [5.74, 6) is 1.95. The molecule has 0 spiro atoms. The Labute approximate surface area is 125 Å². The monoisotopic (exact) mass is 289 g/mol. The molecule has 3 heterocycles. The molecule has 2 saturated heterocycles. The number of amides is 1. The molecule has 3 aliphatic rings. The van der Waals surface area contributed by atoms with Crippen LogP contribution in [0, 0.1) is 17.8 Å². The van der Waals surface area contributed by atoms with E-state index in [1.807, 2.05) is 6.07 Å². The van der Waals surface area contributed by atoms with Crippen LogP contribution in [0.1, 0.15) is 19.8 Å². The molecule has 2 aliphatic heterocycles. The Morgan fingerprint density at radius 2 is 2.19 bits per heavy atom. The number of pyridine rings is 1. The minimum Gasteiger partial charge on any atom is -0.481 e. The Morgan fingerprint density at radius 3 is 2.76 bits per heavy atom. The van der Waals surface area contributed by atoms with Crippen molar-refractivity contribution in [1.82, 2.24) is 9.88 Å². The minimum absolute atomic E-state index is 0.152. The van der Waals surface area contributed by atoms with Gasteiger partial charge in [0.1, 0.15) is 0 Å². The van der Waals surface area contributed by atoms with Gasteiger partial charge in [0.15, 0.2) is 0 Å². The summed E-state index contributed by atoms with van der Waals surface area (Å²) in [7, 11) is 1.58. The van der Waals surface area contributed by atoms with E-state index < -0.39 is 0 Å². The smallest absolute Gasteiger partial charge is 0.228 e. The quantitative estimate of drug-likeness (QED) is 0.901. The molecule has 0 aromatic carbocycles. The molecule has 5 heteroatoms. The number of ether oxygens (including phenoxy) is 1. The number of hydrogen-bond acceptors (Lipinski definition) is 4. The maximum atomic E-state index is 12.4. The molecule has 1 aliphatic carbocycles. The molecule has 0 radical (unpaired) electrons. The Morgan fingerprint density at radius 1 is 1.43 bits per heavy atom. The van der Waals surface area contributed by atoms with Crippen molar-refractivity contribution >= 4 is 11.6 Å². The van der Waals surface area contributed by atoms with Crippen molar-refractivity contribution in [2.45, 2.75) is 19.8 Å². The first-order chi connectivity index (χ1) is 10.2. The summed E-state index contributed by atoms with van der Waals surface area (Å²) in [6.07, 6.45) is 4.04. The van der Waals surface area contributed by atoms with Crippen LogP contribution in [0.2, 0.25) is 0 Å². The second kappa shape index (κ2) is 6.02. The molecule has 5 nitrogen and oxygen atoms in total. The first-order valence-corrected chi connectivity index (χ1v) is 7.74. The topological polar surface area (TPSA) is 54.5 Å². The van der Waals surface area contributed by atoms with Gasteiger partial charge >= 0.3 is 0 Å². The highest BCUT2D eigenvalue weighted by Gasteiger charge is 2.49. The molecule has 3 fully saturated rings. The molecule has 1 aromatic rings. The van der Waals surface area contributed by atoms with Gasteiger partial charge in [-0.3, -0.25) is 4.79 Å². The van der Waals surface area contributed by atoms with E-state index in [2.05, 4.69) is 22.1 Å². The molecule has 2 bridgehead atoms. The number of hydrogen-bond donors (Lipinski definition) is 1. The molecule has 2 unspecified atom stereocenters. The average Bonchev–Trinajstić information content (AvgIpc) is 2.48. The van der Waals surface area contributed by atoms with Crippen molar-refractivity contribution in [2.75, 3.05) is 32.1 Å². The number of aromatic nitrogens is 1. The average molecular weight is 289 g/mol. The van der Waals surface area contributed by atoms with E-state index in [9.17, 15) is 4.79 Å². The van der Waals surface area contributed by atoms with Crippen LogP contribution >= 0.6 is 0 Å². The molecule has 1 N–H and O–H groups in total. The van der Waals surface area contributed by atoms with Gasteiger partial charge in [-0.05, 0) is 37.3 Å². The van der Waals surface area contributed by atoms with Gasteiger partial charge in [0.25, 0.3) is 0 Å². The van der Waals surface area contributed by atoms with Gasteiger partial charge in [-0.25, -0.2) is 4.98 Å². The van der Waals surface area contributed by atoms with Crippen LogP contribution < -0.4 is 10.1 Å². The number of piperidine rings is 2. The van der Waals surface area contributed by atoms with Crippen LogP contribution in [-0.4, -0.2) is 42.5 Å². The van der Waals surface area contributed by atoms with Crippen molar-refractivity contribution < 1.29 is 9.53 Å². The number of anilines is 1. The van der Waals surface area contributed by atoms with E-state index in [1.165, 1.54) is 12.8 Å². The number of fused-ring (bicyclic) bond motifs is 2. The summed E-state index contributed by atoms with van der Waals surface area (Å²) in [6, 6.07) is 3.60. The lowest BCUT2D eigenvalue weighted by Crippen LogP contribution is -2.58. The van der Waals surface area contributed by atoms with Gasteiger partial charge in [-0.15, -0.1) is 0 Å². The lowest BCUT2D eigenvalue weighted by atomic mass is 9.61. The molecular weight excluding hydrogens is 266 g/mol. The summed E-state index contributed by atoms with van der Waals surface area (Å²) < 4.78 is 5.02. The molecule has 21 heavy (non-hydrogen) atoms. The van der Waals surface area contributed by atoms with Crippen LogP contribution in [0.25, 0.3) is 0 Å². The number of nitrogens with zero attached hydrogens (tertiary/aromatic N) is 2. The molecule has 1 aromatic heterocycles. The highest BCUT2D eigenvalue weighted by molar-refractivity contribution is 5.93. The first-order valence-electron chi connectivity index (χ1n) is 7.74. The van der Waals surface area contributed by atoms with Crippen molar-refractivity contribution in [3.8, 4) is 5.88 Å². The van der Waals surface area contributed by atoms with Crippen molar-refractivity contribution in [3.63, 3.8) is 0 Å². The van der Waals surface area contributed by atoms with Gasteiger partial charge in [-0.2, -0.15) is 0 Å². The molecule has 4 rings (SSSR count). The highest BCUT2D eigenvalue weighted by atomic mass is 16.5. The summed E-state index contributed by atoms with van der Waals surface area (Å²) in [6.45, 7) is 5.51. The normalized spacial score (nSPS) is 27.8. The van der Waals surface area contributed by atoms with Crippen LogP contribution in [0.5, 0.6) is 5.88 Å². The minimum atomic E-state index is 0.152. The highest BCUT2D eigenvalue weighted by Crippen LogP contribution is 2.45. The Balaban J connectivity index is 1.57. The number of methoxy groups -OCH3 is 1. The maximum absolute atomic E-state index is 12.4. The van der Waals surface area contributed by atoms with E-state index in [1.54, 1.807) is 19.4 Å². The van der Waals surface area contributed by atoms with Gasteiger partial charge in [0, 0.05) is 25.1 Å². The van der Waals surface area contributed by atoms with Crippen LogP contribution in [0.4, 0.5) is 5.69 Å². The second-order valence-corrected chi connectivity index (χ2v) is 6.12. The molecule has 2 atom stereocenters. The van der Waals surface area contributed by atoms with Gasteiger partial charge in [-0.1, -0.05) is 6.92 Å². The fourth-order valence-electron chi connectivity index (χ4n) is 3.71. The summed E-state index contributed by atoms with van der Waals surface area (Å²) in [4.78, 5) is 19.1. The first kappa shape index (κ1) is 14.3. The second-order valence-electron chi connectivity index (χ2n) is 6.12. The lowest BCUT2D eigenvalue weighted by molar-refractivity contribution is -0.136. The lowest BCUT2D eigenvalue weighted by Gasteiger charge is -2.52. The molecule has 1 amide bonds. The van der Waals surface area contributed by atoms with Crippen LogP contribution in [-0.2, 0) is 4.79 Å². The Kier molecular flexibility index (Phi) is 4.10. The predicted octanol–water partition coefficient (Wildman–Crippen LogP) is 2.01. The molecular formula is C16H23N3O2. The van der Waals surface area contributed by atoms with E-state index in [4.69, 9.17) is 4.74 Å². The summed E-state index contributed by atoms with van der Waals surface area (Å²) in [5, 5.41) is 3.00. The summed E-state index contributed by atoms with van der Waals surface area (Å²) >= 11 is 0. The van der Waals surface area contributed by atoms with Crippen LogP contribution in [0.15, 0.2) is 18.3 Å². The number of carbonyl (C=O) groups is 1. The van der Waals surface area contributed by atoms with Crippen molar-refractivity contribution in [1.29, 1.82) is 0 Å². The van der Waals surface area contributed by atoms with Gasteiger partial charge in [0.05, 0.1) is 19.0 Å². The third-order valence-corrected chi connectivity index (χ3v) is 4.66. The predicted molar refractivity (Wildman–Crippen MR) is 81.2 cm³/mol. The van der Waals surface area contributed by atoms with E-state index in [0.717, 1.165) is 25.3 Å². The molecule has 1 saturated carbocycles. The summed E-state index contributed by atoms with van der Waals surface area (Å²) in [5.41, 5.74) is 0.746. The number of carbonyl (C=O) groups excluding carboxylic acids is 1. The van der Waals surface area contributed by atoms with Gasteiger partial charge in [0.2, 0.25) is 11.8 Å². The van der Waals surface area contributed by atoms with Crippen LogP contribution in [0.3, 0.4) is 0 Å². The fourth-order valence-corrected chi connectivity index (χ4v) is 3.71. The fraction of sp³-hybridized carbons (Fsp3) is 0.625. The zero-order valence-corrected chi connectivity index (χ0v) is 12.7. The third-order valence-electron chi connectivity index (χ3n) is 4.66. The Bertz CT molecular complexity index is 491. The number of rotatable bonds is 5.